The monoisotopic (exact) mass is 1150 g/mol. The van der Waals surface area contributed by atoms with Gasteiger partial charge in [0, 0.05) is 19.3 Å². The highest BCUT2D eigenvalue weighted by atomic mass is 16.6. The summed E-state index contributed by atoms with van der Waals surface area (Å²) in [7, 11) is 0. The van der Waals surface area contributed by atoms with E-state index < -0.39 is 6.10 Å². The van der Waals surface area contributed by atoms with Gasteiger partial charge in [-0.25, -0.2) is 0 Å². The smallest absolute Gasteiger partial charge is 0.306 e. The van der Waals surface area contributed by atoms with Gasteiger partial charge in [-0.15, -0.1) is 0 Å². The third-order valence-corrected chi connectivity index (χ3v) is 15.3. The number of hydrogen-bond acceptors (Lipinski definition) is 6. The number of ether oxygens (including phenoxy) is 3. The van der Waals surface area contributed by atoms with Gasteiger partial charge in [0.05, 0.1) is 0 Å². The first-order valence-electron chi connectivity index (χ1n) is 35.4. The molecule has 0 aliphatic heterocycles. The highest BCUT2D eigenvalue weighted by molar-refractivity contribution is 5.71. The van der Waals surface area contributed by atoms with Crippen LogP contribution >= 0.6 is 0 Å². The molecule has 83 heavy (non-hydrogen) atoms. The Morgan fingerprint density at radius 2 is 0.470 bits per heavy atom. The molecule has 0 N–H and O–H groups in total. The molecule has 476 valence electrons. The molecule has 0 heterocycles. The summed E-state index contributed by atoms with van der Waals surface area (Å²) in [5.74, 6) is -0.885. The zero-order valence-electron chi connectivity index (χ0n) is 54.7. The second-order valence-electron chi connectivity index (χ2n) is 23.4. The Bertz CT molecular complexity index is 1660. The predicted molar refractivity (Wildman–Crippen MR) is 362 cm³/mol. The van der Waals surface area contributed by atoms with Crippen LogP contribution in [0.15, 0.2) is 109 Å². The van der Waals surface area contributed by atoms with E-state index in [0.717, 1.165) is 116 Å². The van der Waals surface area contributed by atoms with Crippen molar-refractivity contribution in [2.45, 2.75) is 348 Å². The van der Waals surface area contributed by atoms with E-state index >= 15 is 0 Å². The number of esters is 3. The van der Waals surface area contributed by atoms with E-state index in [1.807, 2.05) is 0 Å². The topological polar surface area (TPSA) is 78.9 Å². The summed E-state index contributed by atoms with van der Waals surface area (Å²) in [6.45, 7) is 6.50. The minimum atomic E-state index is -0.781. The maximum Gasteiger partial charge on any atom is 0.306 e. The third-order valence-electron chi connectivity index (χ3n) is 15.3. The summed E-state index contributed by atoms with van der Waals surface area (Å²) < 4.78 is 16.9. The Hall–Kier alpha value is -3.93. The van der Waals surface area contributed by atoms with Crippen LogP contribution in [0.1, 0.15) is 342 Å². The zero-order chi connectivity index (χ0) is 59.9. The molecular weight excluding hydrogens is 1020 g/mol. The fraction of sp³-hybridized carbons (Fsp3) is 0.727. The maximum absolute atomic E-state index is 12.9. The number of unbranched alkanes of at least 4 members (excludes halogenated alkanes) is 35. The van der Waals surface area contributed by atoms with Crippen molar-refractivity contribution in [3.8, 4) is 0 Å². The SMILES string of the molecule is CC/C=C\C/C=C\C/C=C\C/C=C\C/C=C\C/C=C\C/C=C\CCCCCCCCCC(=O)OCC(COC(=O)CCCCCCCCC)OC(=O)CCCCCCCCCCCCCCCCCCC/C=C\C/C=C\CCCCCCC. The molecule has 6 nitrogen and oxygen atoms in total. The number of allylic oxidation sites excluding steroid dienone is 18. The van der Waals surface area contributed by atoms with Crippen LogP contribution in [0.3, 0.4) is 0 Å². The van der Waals surface area contributed by atoms with Crippen molar-refractivity contribution in [1.29, 1.82) is 0 Å². The number of hydrogen-bond donors (Lipinski definition) is 0. The molecule has 1 unspecified atom stereocenters. The van der Waals surface area contributed by atoms with Gasteiger partial charge in [-0.1, -0.05) is 323 Å². The summed E-state index contributed by atoms with van der Waals surface area (Å²) >= 11 is 0. The van der Waals surface area contributed by atoms with E-state index in [-0.39, 0.29) is 31.1 Å². The van der Waals surface area contributed by atoms with Gasteiger partial charge in [0.15, 0.2) is 6.10 Å². The molecule has 1 atom stereocenters. The molecule has 0 aromatic carbocycles. The lowest BCUT2D eigenvalue weighted by Crippen LogP contribution is -2.30. The fourth-order valence-electron chi connectivity index (χ4n) is 9.99. The molecule has 0 saturated heterocycles. The lowest BCUT2D eigenvalue weighted by molar-refractivity contribution is -0.167. The van der Waals surface area contributed by atoms with E-state index in [1.54, 1.807) is 0 Å². The van der Waals surface area contributed by atoms with Crippen molar-refractivity contribution in [1.82, 2.24) is 0 Å². The summed E-state index contributed by atoms with van der Waals surface area (Å²) in [6, 6.07) is 0. The predicted octanol–water partition coefficient (Wildman–Crippen LogP) is 24.6. The van der Waals surface area contributed by atoms with Crippen molar-refractivity contribution in [2.24, 2.45) is 0 Å². The maximum atomic E-state index is 12.9. The molecular formula is C77H132O6. The average Bonchev–Trinajstić information content (AvgIpc) is 3.49. The van der Waals surface area contributed by atoms with Crippen LogP contribution in [0.5, 0.6) is 0 Å². The molecule has 0 rings (SSSR count). The van der Waals surface area contributed by atoms with Crippen LogP contribution in [-0.2, 0) is 28.6 Å². The van der Waals surface area contributed by atoms with Crippen LogP contribution in [0.4, 0.5) is 0 Å². The normalized spacial score (nSPS) is 12.8. The largest absolute Gasteiger partial charge is 0.462 e. The Labute approximate surface area is 514 Å². The van der Waals surface area contributed by atoms with Crippen LogP contribution in [0.2, 0.25) is 0 Å². The van der Waals surface area contributed by atoms with E-state index in [0.29, 0.717) is 19.3 Å². The summed E-state index contributed by atoms with van der Waals surface area (Å²) in [4.78, 5) is 38.2. The lowest BCUT2D eigenvalue weighted by Gasteiger charge is -2.18. The molecule has 0 aliphatic carbocycles. The van der Waals surface area contributed by atoms with Gasteiger partial charge >= 0.3 is 17.9 Å². The van der Waals surface area contributed by atoms with Crippen molar-refractivity contribution in [3.05, 3.63) is 109 Å². The highest BCUT2D eigenvalue weighted by Crippen LogP contribution is 2.17. The first kappa shape index (κ1) is 79.1. The van der Waals surface area contributed by atoms with Gasteiger partial charge in [-0.2, -0.15) is 0 Å². The summed E-state index contributed by atoms with van der Waals surface area (Å²) in [5.41, 5.74) is 0. The molecule has 0 aliphatic rings. The van der Waals surface area contributed by atoms with E-state index in [4.69, 9.17) is 14.2 Å². The molecule has 0 radical (unpaired) electrons. The third kappa shape index (κ3) is 68.7. The number of rotatable bonds is 64. The fourth-order valence-corrected chi connectivity index (χ4v) is 9.99. The Balaban J connectivity index is 4.11. The second kappa shape index (κ2) is 70.6. The van der Waals surface area contributed by atoms with E-state index in [2.05, 4.69) is 130 Å². The Morgan fingerprint density at radius 1 is 0.253 bits per heavy atom. The summed E-state index contributed by atoms with van der Waals surface area (Å²) in [6.07, 6.45) is 97.1. The molecule has 0 fully saturated rings. The van der Waals surface area contributed by atoms with Gasteiger partial charge in [0.2, 0.25) is 0 Å². The summed E-state index contributed by atoms with van der Waals surface area (Å²) in [5, 5.41) is 0. The number of carbonyl (C=O) groups excluding carboxylic acids is 3. The molecule has 0 bridgehead atoms. The highest BCUT2D eigenvalue weighted by Gasteiger charge is 2.19. The van der Waals surface area contributed by atoms with Gasteiger partial charge < -0.3 is 14.2 Å². The van der Waals surface area contributed by atoms with Gasteiger partial charge in [0.25, 0.3) is 0 Å². The first-order chi connectivity index (χ1) is 41.0. The Morgan fingerprint density at radius 3 is 0.735 bits per heavy atom. The van der Waals surface area contributed by atoms with Crippen LogP contribution in [-0.4, -0.2) is 37.2 Å². The van der Waals surface area contributed by atoms with E-state index in [1.165, 1.54) is 186 Å². The zero-order valence-corrected chi connectivity index (χ0v) is 54.7. The molecule has 0 saturated carbocycles. The standard InChI is InChI=1S/C77H132O6/c1-4-7-10-13-16-18-20-22-24-26-28-30-32-34-36-38-40-42-44-46-48-50-52-54-56-58-61-64-67-70-76(79)82-73-74(72-81-75(78)69-66-63-60-15-12-9-6-3)83-77(80)71-68-65-62-59-57-55-53-51-49-47-45-43-41-39-37-35-33-31-29-27-25-23-21-19-17-14-11-8-5-2/h7,10,16,18,21-24,27-30,34,36,40,42,46,48,74H,4-6,8-9,11-15,17,19-20,25-26,31-33,35,37-39,41,43-45,47,49-73H2,1-3H3/b10-7-,18-16-,23-21-,24-22-,29-27-,30-28-,36-34-,42-40-,48-46-. The first-order valence-corrected chi connectivity index (χ1v) is 35.4. The van der Waals surface area contributed by atoms with E-state index in [9.17, 15) is 14.4 Å². The van der Waals surface area contributed by atoms with Crippen molar-refractivity contribution in [2.75, 3.05) is 13.2 Å². The molecule has 0 spiro atoms. The van der Waals surface area contributed by atoms with Crippen molar-refractivity contribution >= 4 is 17.9 Å². The van der Waals surface area contributed by atoms with Crippen LogP contribution in [0.25, 0.3) is 0 Å². The lowest BCUT2D eigenvalue weighted by atomic mass is 10.0. The molecule has 0 aromatic heterocycles. The van der Waals surface area contributed by atoms with Gasteiger partial charge in [0.1, 0.15) is 13.2 Å². The van der Waals surface area contributed by atoms with Crippen LogP contribution in [0, 0.1) is 0 Å². The van der Waals surface area contributed by atoms with Crippen molar-refractivity contribution in [3.63, 3.8) is 0 Å². The number of carbonyl (C=O) groups is 3. The average molecular weight is 1150 g/mol. The van der Waals surface area contributed by atoms with Crippen LogP contribution < -0.4 is 0 Å². The molecule has 0 aromatic rings. The minimum Gasteiger partial charge on any atom is -0.462 e. The van der Waals surface area contributed by atoms with Gasteiger partial charge in [-0.3, -0.25) is 14.4 Å². The van der Waals surface area contributed by atoms with Gasteiger partial charge in [-0.05, 0) is 109 Å². The van der Waals surface area contributed by atoms with Crippen molar-refractivity contribution < 1.29 is 28.6 Å². The Kier molecular flexibility index (Phi) is 67.2. The quantitative estimate of drug-likeness (QED) is 0.0261. The molecule has 0 amide bonds. The molecule has 6 heteroatoms. The second-order valence-corrected chi connectivity index (χ2v) is 23.4. The minimum absolute atomic E-state index is 0.0792.